The van der Waals surface area contributed by atoms with Crippen LogP contribution in [0.15, 0.2) is 29.2 Å². The van der Waals surface area contributed by atoms with Gasteiger partial charge in [-0.3, -0.25) is 0 Å². The largest absolute Gasteiger partial charge is 0.248 e. The molecule has 0 radical (unpaired) electrons. The van der Waals surface area contributed by atoms with Crippen molar-refractivity contribution in [3.63, 3.8) is 0 Å². The highest BCUT2D eigenvalue weighted by Crippen LogP contribution is 2.19. The molecular weight excluding hydrogens is 166 g/mol. The van der Waals surface area contributed by atoms with Gasteiger partial charge in [-0.05, 0) is 18.4 Å². The van der Waals surface area contributed by atoms with Crippen LogP contribution in [-0.4, -0.2) is 19.0 Å². The van der Waals surface area contributed by atoms with Crippen LogP contribution in [0.2, 0.25) is 0 Å². The zero-order valence-electron chi connectivity index (χ0n) is 7.72. The maximum absolute atomic E-state index is 3.16. The lowest BCUT2D eigenvalue weighted by atomic mass is 10.1. The van der Waals surface area contributed by atoms with Gasteiger partial charge in [0.2, 0.25) is 0 Å². The minimum Gasteiger partial charge on any atom is -0.248 e. The molecule has 0 spiro atoms. The Bertz CT molecular complexity index is 292. The van der Waals surface area contributed by atoms with Gasteiger partial charge in [0.05, 0.1) is 5.56 Å². The molecule has 0 aromatic heterocycles. The van der Waals surface area contributed by atoms with Gasteiger partial charge in [0.25, 0.3) is 0 Å². The molecule has 0 fully saturated rings. The first kappa shape index (κ1) is 9.33. The van der Waals surface area contributed by atoms with Crippen molar-refractivity contribution < 1.29 is 4.99 Å². The molecule has 0 heterocycles. The van der Waals surface area contributed by atoms with Crippen molar-refractivity contribution in [2.45, 2.75) is 11.8 Å². The summed E-state index contributed by atoms with van der Waals surface area (Å²) in [5.74, 6) is 0. The summed E-state index contributed by atoms with van der Waals surface area (Å²) in [7, 11) is 1.95. The molecule has 1 N–H and O–H groups in total. The van der Waals surface area contributed by atoms with E-state index in [0.717, 1.165) is 0 Å². The van der Waals surface area contributed by atoms with Crippen molar-refractivity contribution >= 4 is 17.5 Å². The first-order valence-electron chi connectivity index (χ1n) is 3.94. The maximum Gasteiger partial charge on any atom is 0.179 e. The van der Waals surface area contributed by atoms with Crippen molar-refractivity contribution in [2.75, 3.05) is 13.3 Å². The first-order valence-corrected chi connectivity index (χ1v) is 5.16. The molecule has 0 aliphatic rings. The Balaban J connectivity index is 3.13. The summed E-state index contributed by atoms with van der Waals surface area (Å²) < 4.78 is 0. The lowest BCUT2D eigenvalue weighted by molar-refractivity contribution is -0.419. The second-order valence-electron chi connectivity index (χ2n) is 2.58. The second-order valence-corrected chi connectivity index (χ2v) is 3.42. The van der Waals surface area contributed by atoms with Gasteiger partial charge in [-0.1, -0.05) is 12.1 Å². The van der Waals surface area contributed by atoms with E-state index in [9.17, 15) is 0 Å². The third kappa shape index (κ3) is 1.89. The standard InChI is InChI=1S/C10H13NS/c1-8(11-2)9-6-4-5-7-10(9)12-3/h4-7H,1-3H3/p+1. The lowest BCUT2D eigenvalue weighted by Gasteiger charge is -2.01. The maximum atomic E-state index is 3.16. The average Bonchev–Trinajstić information content (AvgIpc) is 2.16. The quantitative estimate of drug-likeness (QED) is 0.528. The summed E-state index contributed by atoms with van der Waals surface area (Å²) in [6, 6.07) is 8.41. The summed E-state index contributed by atoms with van der Waals surface area (Å²) in [5.41, 5.74) is 2.52. The number of benzene rings is 1. The molecular formula is C10H14NS+. The molecule has 0 aliphatic heterocycles. The van der Waals surface area contributed by atoms with E-state index in [4.69, 9.17) is 0 Å². The summed E-state index contributed by atoms with van der Waals surface area (Å²) in [6.07, 6.45) is 2.10. The third-order valence-electron chi connectivity index (χ3n) is 1.89. The van der Waals surface area contributed by atoms with Crippen molar-refractivity contribution in [1.29, 1.82) is 0 Å². The van der Waals surface area contributed by atoms with E-state index in [0.29, 0.717) is 0 Å². The molecule has 1 rings (SSSR count). The number of hydrogen-bond acceptors (Lipinski definition) is 1. The van der Waals surface area contributed by atoms with Crippen LogP contribution in [0, 0.1) is 0 Å². The van der Waals surface area contributed by atoms with Crippen LogP contribution in [0.1, 0.15) is 12.5 Å². The van der Waals surface area contributed by atoms with E-state index in [-0.39, 0.29) is 0 Å². The van der Waals surface area contributed by atoms with E-state index in [1.807, 2.05) is 7.05 Å². The summed E-state index contributed by atoms with van der Waals surface area (Å²) >= 11 is 1.78. The van der Waals surface area contributed by atoms with Gasteiger partial charge in [0, 0.05) is 11.8 Å². The van der Waals surface area contributed by atoms with E-state index >= 15 is 0 Å². The Labute approximate surface area is 77.9 Å². The van der Waals surface area contributed by atoms with Gasteiger partial charge in [-0.2, -0.15) is 0 Å². The highest BCUT2D eigenvalue weighted by molar-refractivity contribution is 7.98. The van der Waals surface area contributed by atoms with Gasteiger partial charge in [0.1, 0.15) is 7.05 Å². The van der Waals surface area contributed by atoms with Crippen LogP contribution in [-0.2, 0) is 0 Å². The van der Waals surface area contributed by atoms with Crippen molar-refractivity contribution in [1.82, 2.24) is 0 Å². The van der Waals surface area contributed by atoms with Crippen LogP contribution >= 0.6 is 11.8 Å². The summed E-state index contributed by atoms with van der Waals surface area (Å²) in [5, 5.41) is 0. The molecule has 0 amide bonds. The number of thioether (sulfide) groups is 1. The molecule has 0 aliphatic carbocycles. The van der Waals surface area contributed by atoms with E-state index < -0.39 is 0 Å². The fourth-order valence-corrected chi connectivity index (χ4v) is 1.74. The Morgan fingerprint density at radius 2 is 2.00 bits per heavy atom. The van der Waals surface area contributed by atoms with Gasteiger partial charge >= 0.3 is 0 Å². The first-order chi connectivity index (χ1) is 5.79. The van der Waals surface area contributed by atoms with E-state index in [1.54, 1.807) is 11.8 Å². The van der Waals surface area contributed by atoms with Gasteiger partial charge in [0.15, 0.2) is 5.71 Å². The topological polar surface area (TPSA) is 14.0 Å². The second kappa shape index (κ2) is 4.31. The monoisotopic (exact) mass is 180 g/mol. The van der Waals surface area contributed by atoms with E-state index in [2.05, 4.69) is 42.4 Å². The molecule has 12 heavy (non-hydrogen) atoms. The van der Waals surface area contributed by atoms with Crippen LogP contribution in [0.25, 0.3) is 0 Å². The Hall–Kier alpha value is -0.760. The highest BCUT2D eigenvalue weighted by Gasteiger charge is 2.05. The van der Waals surface area contributed by atoms with Gasteiger partial charge in [-0.25, -0.2) is 4.99 Å². The van der Waals surface area contributed by atoms with Crippen LogP contribution in [0.4, 0.5) is 0 Å². The minimum absolute atomic E-state index is 1.22. The molecule has 1 aromatic rings. The smallest absolute Gasteiger partial charge is 0.179 e. The van der Waals surface area contributed by atoms with Gasteiger partial charge < -0.3 is 0 Å². The number of hydrogen-bond donors (Lipinski definition) is 1. The normalized spacial score (nSPS) is 11.8. The van der Waals surface area contributed by atoms with Crippen LogP contribution in [0.5, 0.6) is 0 Å². The molecule has 0 saturated heterocycles. The van der Waals surface area contributed by atoms with Crippen LogP contribution < -0.4 is 4.99 Å². The van der Waals surface area contributed by atoms with Crippen LogP contribution in [0.3, 0.4) is 0 Å². The summed E-state index contributed by atoms with van der Waals surface area (Å²) in [6.45, 7) is 2.09. The van der Waals surface area contributed by atoms with Crippen molar-refractivity contribution in [3.05, 3.63) is 29.8 Å². The Morgan fingerprint density at radius 1 is 1.33 bits per heavy atom. The zero-order chi connectivity index (χ0) is 8.97. The minimum atomic E-state index is 1.22. The lowest BCUT2D eigenvalue weighted by Crippen LogP contribution is -2.67. The molecule has 64 valence electrons. The average molecular weight is 180 g/mol. The Morgan fingerprint density at radius 3 is 2.58 bits per heavy atom. The molecule has 0 saturated carbocycles. The molecule has 2 heteroatoms. The molecule has 1 nitrogen and oxygen atoms in total. The predicted octanol–water partition coefficient (Wildman–Crippen LogP) is 0.928. The predicted molar refractivity (Wildman–Crippen MR) is 54.9 cm³/mol. The zero-order valence-corrected chi connectivity index (χ0v) is 8.53. The fourth-order valence-electron chi connectivity index (χ4n) is 1.09. The van der Waals surface area contributed by atoms with Crippen molar-refractivity contribution in [3.8, 4) is 0 Å². The Kier molecular flexibility index (Phi) is 3.35. The molecule has 0 atom stereocenters. The molecule has 0 bridgehead atoms. The SMILES string of the molecule is C[NH+]=C(C)c1ccccc1SC. The third-order valence-corrected chi connectivity index (χ3v) is 2.68. The molecule has 0 unspecified atom stereocenters. The van der Waals surface area contributed by atoms with E-state index in [1.165, 1.54) is 16.2 Å². The summed E-state index contributed by atoms with van der Waals surface area (Å²) in [4.78, 5) is 4.48. The highest BCUT2D eigenvalue weighted by atomic mass is 32.2. The fraction of sp³-hybridized carbons (Fsp3) is 0.300. The number of nitrogens with one attached hydrogen (secondary N) is 1. The van der Waals surface area contributed by atoms with Gasteiger partial charge in [-0.15, -0.1) is 11.8 Å². The number of rotatable bonds is 2. The van der Waals surface area contributed by atoms with Crippen molar-refractivity contribution in [2.24, 2.45) is 0 Å². The molecule has 1 aromatic carbocycles.